The number of benzene rings is 8. The molecule has 10 rings (SSSR count). The molecule has 3 heteroatoms. The van der Waals surface area contributed by atoms with Gasteiger partial charge in [-0.05, 0) is 86.6 Å². The van der Waals surface area contributed by atoms with Crippen molar-refractivity contribution in [2.45, 2.75) is 0 Å². The summed E-state index contributed by atoms with van der Waals surface area (Å²) in [6.07, 6.45) is 0. The van der Waals surface area contributed by atoms with Crippen molar-refractivity contribution in [2.24, 2.45) is 0 Å². The third-order valence-corrected chi connectivity index (χ3v) is 10.1. The van der Waals surface area contributed by atoms with Gasteiger partial charge in [-0.25, -0.2) is 9.97 Å². The van der Waals surface area contributed by atoms with E-state index in [-0.39, 0.29) is 0 Å². The molecule has 2 heterocycles. The van der Waals surface area contributed by atoms with E-state index < -0.39 is 0 Å². The second-order valence-electron chi connectivity index (χ2n) is 13.4. The van der Waals surface area contributed by atoms with Gasteiger partial charge in [-0.2, -0.15) is 0 Å². The molecule has 10 aromatic rings. The first-order chi connectivity index (χ1) is 26.2. The van der Waals surface area contributed by atoms with Gasteiger partial charge in [0.2, 0.25) is 0 Å². The number of rotatable bonds is 6. The molecule has 3 nitrogen and oxygen atoms in total. The smallest absolute Gasteiger partial charge is 0.161 e. The molecule has 2 aromatic heterocycles. The highest BCUT2D eigenvalue weighted by Gasteiger charge is 2.18. The van der Waals surface area contributed by atoms with E-state index in [2.05, 4.69) is 170 Å². The van der Waals surface area contributed by atoms with E-state index in [1.807, 2.05) is 24.3 Å². The van der Waals surface area contributed by atoms with Crippen molar-refractivity contribution in [2.75, 3.05) is 0 Å². The molecule has 0 atom stereocenters. The average Bonchev–Trinajstić information content (AvgIpc) is 3.63. The van der Waals surface area contributed by atoms with Crippen LogP contribution in [0.2, 0.25) is 0 Å². The van der Waals surface area contributed by atoms with Crippen LogP contribution in [-0.2, 0) is 0 Å². The van der Waals surface area contributed by atoms with Gasteiger partial charge in [0.25, 0.3) is 0 Å². The molecule has 0 fully saturated rings. The fourth-order valence-corrected chi connectivity index (χ4v) is 7.50. The normalized spacial score (nSPS) is 11.4. The standard InChI is InChI=1S/C50H32N2O/c1-3-15-34(16-4-1)41-20-9-10-21-43(41)50-51-45(35-17-5-2-6-18-35)32-46(52-50)40-30-38(37-27-26-33-14-7-8-19-36(33)28-37)29-39(31-40)42-23-13-25-48-49(42)44-22-11-12-24-47(44)53-48/h1-32H. The number of fused-ring (bicyclic) bond motifs is 4. The minimum absolute atomic E-state index is 0.682. The molecule has 0 unspecified atom stereocenters. The molecule has 0 aliphatic heterocycles. The Bertz CT molecular complexity index is 2950. The van der Waals surface area contributed by atoms with Gasteiger partial charge in [0, 0.05) is 27.5 Å². The van der Waals surface area contributed by atoms with E-state index in [9.17, 15) is 0 Å². The lowest BCUT2D eigenvalue weighted by Gasteiger charge is -2.15. The molecule has 0 amide bonds. The van der Waals surface area contributed by atoms with Crippen molar-refractivity contribution in [3.05, 3.63) is 194 Å². The Hall–Kier alpha value is -7.10. The summed E-state index contributed by atoms with van der Waals surface area (Å²) < 4.78 is 6.35. The number of aromatic nitrogens is 2. The fraction of sp³-hybridized carbons (Fsp3) is 0. The molecule has 0 N–H and O–H groups in total. The summed E-state index contributed by atoms with van der Waals surface area (Å²) in [5.74, 6) is 0.682. The highest BCUT2D eigenvalue weighted by atomic mass is 16.3. The lowest BCUT2D eigenvalue weighted by Crippen LogP contribution is -1.98. The number of furan rings is 1. The highest BCUT2D eigenvalue weighted by molar-refractivity contribution is 6.12. The molecule has 8 aromatic carbocycles. The van der Waals surface area contributed by atoms with E-state index in [1.165, 1.54) is 10.8 Å². The molecule has 0 bridgehead atoms. The van der Waals surface area contributed by atoms with Gasteiger partial charge in [-0.15, -0.1) is 0 Å². The summed E-state index contributed by atoms with van der Waals surface area (Å²) in [5.41, 5.74) is 13.2. The molecule has 0 radical (unpaired) electrons. The third kappa shape index (κ3) is 5.65. The van der Waals surface area contributed by atoms with Crippen LogP contribution in [0.1, 0.15) is 0 Å². The Morgan fingerprint density at radius 3 is 1.75 bits per heavy atom. The Morgan fingerprint density at radius 2 is 0.925 bits per heavy atom. The number of hydrogen-bond donors (Lipinski definition) is 0. The van der Waals surface area contributed by atoms with Crippen LogP contribution in [0.15, 0.2) is 199 Å². The Morgan fingerprint density at radius 1 is 0.321 bits per heavy atom. The van der Waals surface area contributed by atoms with Crippen molar-refractivity contribution in [3.8, 4) is 67.3 Å². The lowest BCUT2D eigenvalue weighted by molar-refractivity contribution is 0.669. The molecule has 0 saturated heterocycles. The predicted octanol–water partition coefficient (Wildman–Crippen LogP) is 13.5. The maximum atomic E-state index is 6.35. The summed E-state index contributed by atoms with van der Waals surface area (Å²) in [7, 11) is 0. The number of nitrogens with zero attached hydrogens (tertiary/aromatic N) is 2. The first kappa shape index (κ1) is 30.7. The molecule has 53 heavy (non-hydrogen) atoms. The quantitative estimate of drug-likeness (QED) is 0.176. The van der Waals surface area contributed by atoms with E-state index in [4.69, 9.17) is 14.4 Å². The molecule has 0 aliphatic carbocycles. The van der Waals surface area contributed by atoms with Crippen LogP contribution in [0.4, 0.5) is 0 Å². The summed E-state index contributed by atoms with van der Waals surface area (Å²) in [6.45, 7) is 0. The van der Waals surface area contributed by atoms with E-state index in [0.29, 0.717) is 5.82 Å². The Balaban J connectivity index is 1.24. The van der Waals surface area contributed by atoms with Crippen LogP contribution in [0, 0.1) is 0 Å². The first-order valence-corrected chi connectivity index (χ1v) is 17.9. The van der Waals surface area contributed by atoms with Crippen molar-refractivity contribution in [1.29, 1.82) is 0 Å². The minimum atomic E-state index is 0.682. The number of para-hydroxylation sites is 1. The molecule has 0 spiro atoms. The third-order valence-electron chi connectivity index (χ3n) is 10.1. The summed E-state index contributed by atoms with van der Waals surface area (Å²) in [4.78, 5) is 10.6. The molecule has 0 saturated carbocycles. The summed E-state index contributed by atoms with van der Waals surface area (Å²) in [5, 5.41) is 4.62. The zero-order valence-corrected chi connectivity index (χ0v) is 28.8. The minimum Gasteiger partial charge on any atom is -0.456 e. The molecule has 0 aliphatic rings. The zero-order valence-electron chi connectivity index (χ0n) is 28.8. The van der Waals surface area contributed by atoms with Crippen LogP contribution in [0.5, 0.6) is 0 Å². The van der Waals surface area contributed by atoms with E-state index >= 15 is 0 Å². The second-order valence-corrected chi connectivity index (χ2v) is 13.4. The van der Waals surface area contributed by atoms with Crippen LogP contribution in [-0.4, -0.2) is 9.97 Å². The maximum absolute atomic E-state index is 6.35. The van der Waals surface area contributed by atoms with Gasteiger partial charge < -0.3 is 4.42 Å². The zero-order chi connectivity index (χ0) is 35.1. The Kier molecular flexibility index (Phi) is 7.47. The SMILES string of the molecule is c1ccc(-c2cc(-c3cc(-c4ccc5ccccc5c4)cc(-c4cccc5oc6ccccc6c45)c3)nc(-c3ccccc3-c3ccccc3)n2)cc1. The summed E-state index contributed by atoms with van der Waals surface area (Å²) >= 11 is 0. The van der Waals surface area contributed by atoms with Crippen LogP contribution >= 0.6 is 0 Å². The largest absolute Gasteiger partial charge is 0.456 e. The van der Waals surface area contributed by atoms with Crippen LogP contribution in [0.25, 0.3) is 100.0 Å². The predicted molar refractivity (Wildman–Crippen MR) is 219 cm³/mol. The van der Waals surface area contributed by atoms with Gasteiger partial charge >= 0.3 is 0 Å². The van der Waals surface area contributed by atoms with Gasteiger partial charge in [0.05, 0.1) is 11.4 Å². The van der Waals surface area contributed by atoms with Gasteiger partial charge in [-0.1, -0.05) is 152 Å². The topological polar surface area (TPSA) is 38.9 Å². The number of hydrogen-bond acceptors (Lipinski definition) is 3. The fourth-order valence-electron chi connectivity index (χ4n) is 7.50. The molecular weight excluding hydrogens is 645 g/mol. The first-order valence-electron chi connectivity index (χ1n) is 17.9. The van der Waals surface area contributed by atoms with Crippen molar-refractivity contribution in [1.82, 2.24) is 9.97 Å². The second kappa shape index (κ2) is 12.9. The molecule has 248 valence electrons. The van der Waals surface area contributed by atoms with E-state index in [1.54, 1.807) is 0 Å². The monoisotopic (exact) mass is 676 g/mol. The average molecular weight is 677 g/mol. The highest BCUT2D eigenvalue weighted by Crippen LogP contribution is 2.41. The summed E-state index contributed by atoms with van der Waals surface area (Å²) in [6, 6.07) is 68.1. The van der Waals surface area contributed by atoms with E-state index in [0.717, 1.165) is 83.4 Å². The van der Waals surface area contributed by atoms with Gasteiger partial charge in [0.15, 0.2) is 5.82 Å². The van der Waals surface area contributed by atoms with Gasteiger partial charge in [0.1, 0.15) is 11.2 Å². The maximum Gasteiger partial charge on any atom is 0.161 e. The van der Waals surface area contributed by atoms with Gasteiger partial charge in [-0.3, -0.25) is 0 Å². The van der Waals surface area contributed by atoms with Crippen LogP contribution < -0.4 is 0 Å². The Labute approximate surface area is 307 Å². The van der Waals surface area contributed by atoms with Crippen molar-refractivity contribution >= 4 is 32.7 Å². The van der Waals surface area contributed by atoms with Crippen molar-refractivity contribution < 1.29 is 4.42 Å². The van der Waals surface area contributed by atoms with Crippen molar-refractivity contribution in [3.63, 3.8) is 0 Å². The molecular formula is C50H32N2O. The van der Waals surface area contributed by atoms with Crippen LogP contribution in [0.3, 0.4) is 0 Å². The lowest BCUT2D eigenvalue weighted by atomic mass is 9.92.